The van der Waals surface area contributed by atoms with E-state index < -0.39 is 0 Å². The Labute approximate surface area is 189 Å². The van der Waals surface area contributed by atoms with E-state index >= 15 is 0 Å². The van der Waals surface area contributed by atoms with Crippen molar-refractivity contribution in [2.75, 3.05) is 16.8 Å². The van der Waals surface area contributed by atoms with Crippen molar-refractivity contribution in [2.24, 2.45) is 0 Å². The molecule has 148 valence electrons. The lowest BCUT2D eigenvalue weighted by Gasteiger charge is -2.14. The molecule has 2 aromatic carbocycles. The third-order valence-electron chi connectivity index (χ3n) is 4.19. The molecule has 0 fully saturated rings. The number of hydrogen-bond acceptors (Lipinski definition) is 5. The molecule has 3 aromatic rings. The van der Waals surface area contributed by atoms with Gasteiger partial charge in [-0.2, -0.15) is 0 Å². The second-order valence-electron chi connectivity index (χ2n) is 6.23. The van der Waals surface area contributed by atoms with Crippen molar-refractivity contribution in [1.82, 2.24) is 9.55 Å². The van der Waals surface area contributed by atoms with Crippen LogP contribution in [-0.2, 0) is 11.2 Å². The minimum absolute atomic E-state index is 0.0856. The first-order valence-electron chi connectivity index (χ1n) is 8.74. The van der Waals surface area contributed by atoms with Crippen molar-refractivity contribution in [2.45, 2.75) is 16.5 Å². The van der Waals surface area contributed by atoms with Gasteiger partial charge in [0.1, 0.15) is 0 Å². The van der Waals surface area contributed by atoms with E-state index in [-0.39, 0.29) is 17.2 Å². The van der Waals surface area contributed by atoms with Crippen LogP contribution in [-0.4, -0.2) is 27.0 Å². The van der Waals surface area contributed by atoms with Gasteiger partial charge in [0, 0.05) is 27.4 Å². The molecule has 4 rings (SSSR count). The van der Waals surface area contributed by atoms with E-state index in [0.717, 1.165) is 28.0 Å². The van der Waals surface area contributed by atoms with Gasteiger partial charge in [-0.15, -0.1) is 11.8 Å². The molecule has 0 atom stereocenters. The van der Waals surface area contributed by atoms with Crippen LogP contribution in [0.2, 0.25) is 5.02 Å². The van der Waals surface area contributed by atoms with Crippen molar-refractivity contribution in [3.05, 3.63) is 74.1 Å². The zero-order valence-electron chi connectivity index (χ0n) is 15.0. The normalized spacial score (nSPS) is 12.6. The van der Waals surface area contributed by atoms with Gasteiger partial charge in [0.15, 0.2) is 5.16 Å². The Kier molecular flexibility index (Phi) is 6.34. The Morgan fingerprint density at radius 1 is 1.28 bits per heavy atom. The molecule has 0 aliphatic carbocycles. The van der Waals surface area contributed by atoms with Gasteiger partial charge in [0.05, 0.1) is 22.0 Å². The smallest absolute Gasteiger partial charge is 0.272 e. The monoisotopic (exact) mass is 507 g/mol. The maximum atomic E-state index is 13.1. The first-order chi connectivity index (χ1) is 14.0. The fourth-order valence-electron chi connectivity index (χ4n) is 2.90. The minimum atomic E-state index is -0.191. The highest BCUT2D eigenvalue weighted by Crippen LogP contribution is 2.30. The highest BCUT2D eigenvalue weighted by molar-refractivity contribution is 9.10. The van der Waals surface area contributed by atoms with Crippen LogP contribution < -0.4 is 10.9 Å². The maximum absolute atomic E-state index is 13.1. The lowest BCUT2D eigenvalue weighted by atomic mass is 10.3. The Morgan fingerprint density at radius 2 is 2.07 bits per heavy atom. The van der Waals surface area contributed by atoms with Crippen molar-refractivity contribution < 1.29 is 4.79 Å². The van der Waals surface area contributed by atoms with E-state index in [0.29, 0.717) is 20.8 Å². The fourth-order valence-corrected chi connectivity index (χ4v) is 5.21. The van der Waals surface area contributed by atoms with Crippen molar-refractivity contribution >= 4 is 62.6 Å². The van der Waals surface area contributed by atoms with E-state index in [4.69, 9.17) is 16.6 Å². The minimum Gasteiger partial charge on any atom is -0.325 e. The summed E-state index contributed by atoms with van der Waals surface area (Å²) in [6.07, 6.45) is 0.763. The molecule has 0 saturated carbocycles. The number of nitrogens with zero attached hydrogens (tertiary/aromatic N) is 2. The first-order valence-corrected chi connectivity index (χ1v) is 11.9. The van der Waals surface area contributed by atoms with Crippen molar-refractivity contribution in [3.8, 4) is 5.69 Å². The number of benzene rings is 2. The molecule has 1 amide bonds. The van der Waals surface area contributed by atoms with Gasteiger partial charge in [-0.3, -0.25) is 14.2 Å². The maximum Gasteiger partial charge on any atom is 0.272 e. The quantitative estimate of drug-likeness (QED) is 0.387. The molecule has 5 nitrogen and oxygen atoms in total. The summed E-state index contributed by atoms with van der Waals surface area (Å²) in [5, 5.41) is 3.88. The van der Waals surface area contributed by atoms with Gasteiger partial charge in [-0.25, -0.2) is 4.98 Å². The number of hydrogen-bond donors (Lipinski definition) is 1. The summed E-state index contributed by atoms with van der Waals surface area (Å²) < 4.78 is 2.51. The topological polar surface area (TPSA) is 64.0 Å². The molecule has 0 bridgehead atoms. The van der Waals surface area contributed by atoms with Crippen LogP contribution in [0.5, 0.6) is 0 Å². The summed E-state index contributed by atoms with van der Waals surface area (Å²) >= 11 is 12.2. The van der Waals surface area contributed by atoms with E-state index in [9.17, 15) is 9.59 Å². The second kappa shape index (κ2) is 8.95. The Morgan fingerprint density at radius 3 is 2.83 bits per heavy atom. The molecule has 0 spiro atoms. The molecular weight excluding hydrogens is 494 g/mol. The predicted octanol–water partition coefficient (Wildman–Crippen LogP) is 5.03. The molecule has 1 aliphatic rings. The summed E-state index contributed by atoms with van der Waals surface area (Å²) in [5.74, 6) is 0.784. The van der Waals surface area contributed by atoms with Crippen LogP contribution in [0.25, 0.3) is 5.69 Å². The van der Waals surface area contributed by atoms with Crippen LogP contribution in [0.3, 0.4) is 0 Å². The summed E-state index contributed by atoms with van der Waals surface area (Å²) in [6.45, 7) is 0. The number of carbonyl (C=O) groups excluding carboxylic acids is 1. The van der Waals surface area contributed by atoms with Crippen LogP contribution in [0.1, 0.15) is 5.69 Å². The Balaban J connectivity index is 1.61. The molecule has 2 heterocycles. The summed E-state index contributed by atoms with van der Waals surface area (Å²) in [5.41, 5.74) is 2.08. The highest BCUT2D eigenvalue weighted by atomic mass is 79.9. The lowest BCUT2D eigenvalue weighted by Crippen LogP contribution is -2.24. The first kappa shape index (κ1) is 20.5. The second-order valence-corrected chi connectivity index (χ2v) is 9.63. The van der Waals surface area contributed by atoms with E-state index in [1.807, 2.05) is 24.3 Å². The van der Waals surface area contributed by atoms with Crippen LogP contribution in [0, 0.1) is 0 Å². The van der Waals surface area contributed by atoms with Gasteiger partial charge in [-0.05, 0) is 42.5 Å². The van der Waals surface area contributed by atoms with E-state index in [1.54, 1.807) is 28.8 Å². The number of nitrogens with one attached hydrogen (secondary N) is 1. The third-order valence-corrected chi connectivity index (χ3v) is 7.00. The number of carbonyl (C=O) groups is 1. The summed E-state index contributed by atoms with van der Waals surface area (Å²) in [4.78, 5) is 30.9. The number of amides is 1. The van der Waals surface area contributed by atoms with Gasteiger partial charge in [-0.1, -0.05) is 45.4 Å². The molecule has 1 aliphatic heterocycles. The van der Waals surface area contributed by atoms with E-state index in [1.165, 1.54) is 23.5 Å². The van der Waals surface area contributed by atoms with Crippen LogP contribution in [0.15, 0.2) is 67.9 Å². The number of thioether (sulfide) groups is 2. The van der Waals surface area contributed by atoms with Gasteiger partial charge >= 0.3 is 0 Å². The molecule has 1 aromatic heterocycles. The lowest BCUT2D eigenvalue weighted by molar-refractivity contribution is -0.113. The molecular formula is C20H15BrClN3O2S2. The summed E-state index contributed by atoms with van der Waals surface area (Å²) in [7, 11) is 0. The van der Waals surface area contributed by atoms with Crippen molar-refractivity contribution in [3.63, 3.8) is 0 Å². The molecule has 9 heteroatoms. The number of rotatable bonds is 5. The number of halogens is 2. The van der Waals surface area contributed by atoms with Gasteiger partial charge in [0.25, 0.3) is 5.56 Å². The zero-order chi connectivity index (χ0) is 20.4. The summed E-state index contributed by atoms with van der Waals surface area (Å²) in [6, 6.07) is 14.4. The van der Waals surface area contributed by atoms with E-state index in [2.05, 4.69) is 21.2 Å². The van der Waals surface area contributed by atoms with Crippen LogP contribution in [0.4, 0.5) is 5.69 Å². The molecule has 1 N–H and O–H groups in total. The molecule has 0 unspecified atom stereocenters. The molecule has 0 radical (unpaired) electrons. The third kappa shape index (κ3) is 4.71. The Hall–Kier alpha value is -1.74. The highest BCUT2D eigenvalue weighted by Gasteiger charge is 2.23. The molecule has 29 heavy (non-hydrogen) atoms. The van der Waals surface area contributed by atoms with Gasteiger partial charge in [0.2, 0.25) is 5.91 Å². The Bertz CT molecular complexity index is 1140. The standard InChI is InChI=1S/C20H15BrClN3O2S2/c21-12-4-6-15(7-5-12)25-19(27)18-16(8-9-28-18)24-20(25)29-11-17(26)23-14-3-1-2-13(22)10-14/h1-7,10H,8-9,11H2,(H,23,26). The number of aromatic nitrogens is 2. The SMILES string of the molecule is O=C(CSc1nc2c(c(=O)n1-c1ccc(Br)cc1)SCC2)Nc1cccc(Cl)c1. The average Bonchev–Trinajstić information content (AvgIpc) is 3.16. The molecule has 0 saturated heterocycles. The average molecular weight is 509 g/mol. The number of anilines is 1. The number of aryl methyl sites for hydroxylation is 1. The van der Waals surface area contributed by atoms with Gasteiger partial charge < -0.3 is 5.32 Å². The predicted molar refractivity (Wildman–Crippen MR) is 123 cm³/mol. The zero-order valence-corrected chi connectivity index (χ0v) is 19.0. The number of fused-ring (bicyclic) bond motifs is 1. The van der Waals surface area contributed by atoms with Crippen molar-refractivity contribution in [1.29, 1.82) is 0 Å². The largest absolute Gasteiger partial charge is 0.325 e. The van der Waals surface area contributed by atoms with Crippen LogP contribution >= 0.6 is 51.1 Å². The fraction of sp³-hybridized carbons (Fsp3) is 0.150.